The van der Waals surface area contributed by atoms with Crippen LogP contribution in [-0.2, 0) is 4.74 Å². The van der Waals surface area contributed by atoms with Gasteiger partial charge in [0.25, 0.3) is 0 Å². The van der Waals surface area contributed by atoms with E-state index in [1.54, 1.807) is 4.90 Å². The van der Waals surface area contributed by atoms with Crippen LogP contribution < -0.4 is 0 Å². The monoisotopic (exact) mass is 171 g/mol. The lowest BCUT2D eigenvalue weighted by atomic mass is 10.1. The summed E-state index contributed by atoms with van der Waals surface area (Å²) in [5.74, 6) is 0.689. The van der Waals surface area contributed by atoms with Crippen molar-refractivity contribution in [1.82, 2.24) is 4.90 Å². The summed E-state index contributed by atoms with van der Waals surface area (Å²) in [5.41, 5.74) is 0. The molecule has 0 bridgehead atoms. The van der Waals surface area contributed by atoms with Crippen LogP contribution in [0.4, 0.5) is 4.79 Å². The van der Waals surface area contributed by atoms with Gasteiger partial charge in [0.15, 0.2) is 0 Å². The average Bonchev–Trinajstić information content (AvgIpc) is 2.52. The minimum atomic E-state index is -0.145. The highest BCUT2D eigenvalue weighted by Crippen LogP contribution is 2.19. The van der Waals surface area contributed by atoms with Crippen molar-refractivity contribution >= 4 is 6.09 Å². The molecule has 1 rings (SSSR count). The van der Waals surface area contributed by atoms with Gasteiger partial charge in [-0.3, -0.25) is 0 Å². The zero-order chi connectivity index (χ0) is 8.97. The summed E-state index contributed by atoms with van der Waals surface area (Å²) in [6.45, 7) is 6.24. The van der Waals surface area contributed by atoms with Gasteiger partial charge in [-0.1, -0.05) is 13.3 Å². The van der Waals surface area contributed by atoms with Crippen molar-refractivity contribution in [2.24, 2.45) is 5.92 Å². The molecule has 1 aliphatic heterocycles. The smallest absolute Gasteiger partial charge is 0.409 e. The standard InChI is InChI=1S/C9H17NO2/c1-3-8-5-6-10(7-8)9(11)12-4-2/h8H,3-7H2,1-2H3. The Hall–Kier alpha value is -0.730. The van der Waals surface area contributed by atoms with E-state index in [4.69, 9.17) is 4.74 Å². The highest BCUT2D eigenvalue weighted by Gasteiger charge is 2.25. The number of carbonyl (C=O) groups is 1. The Morgan fingerprint density at radius 2 is 2.33 bits per heavy atom. The van der Waals surface area contributed by atoms with Crippen molar-refractivity contribution in [3.63, 3.8) is 0 Å². The first kappa shape index (κ1) is 9.36. The Labute approximate surface area is 73.7 Å². The molecule has 0 aliphatic carbocycles. The van der Waals surface area contributed by atoms with Crippen molar-refractivity contribution in [3.8, 4) is 0 Å². The lowest BCUT2D eigenvalue weighted by Crippen LogP contribution is -2.29. The zero-order valence-electron chi connectivity index (χ0n) is 7.88. The predicted molar refractivity (Wildman–Crippen MR) is 47.0 cm³/mol. The second-order valence-corrected chi connectivity index (χ2v) is 3.21. The van der Waals surface area contributed by atoms with Crippen molar-refractivity contribution < 1.29 is 9.53 Å². The van der Waals surface area contributed by atoms with Crippen LogP contribution in [0.1, 0.15) is 26.7 Å². The third-order valence-corrected chi connectivity index (χ3v) is 2.39. The fraction of sp³-hybridized carbons (Fsp3) is 0.889. The van der Waals surface area contributed by atoms with Crippen molar-refractivity contribution in [3.05, 3.63) is 0 Å². The maximum absolute atomic E-state index is 11.2. The fourth-order valence-corrected chi connectivity index (χ4v) is 1.55. The topological polar surface area (TPSA) is 29.5 Å². The molecule has 1 saturated heterocycles. The number of nitrogens with zero attached hydrogens (tertiary/aromatic N) is 1. The van der Waals surface area contributed by atoms with Gasteiger partial charge in [0, 0.05) is 13.1 Å². The van der Waals surface area contributed by atoms with Gasteiger partial charge < -0.3 is 9.64 Å². The molecule has 0 aromatic carbocycles. The quantitative estimate of drug-likeness (QED) is 0.634. The van der Waals surface area contributed by atoms with Crippen LogP contribution in [0.5, 0.6) is 0 Å². The highest BCUT2D eigenvalue weighted by atomic mass is 16.6. The van der Waals surface area contributed by atoms with Crippen molar-refractivity contribution in [1.29, 1.82) is 0 Å². The van der Waals surface area contributed by atoms with Crippen LogP contribution in [0.25, 0.3) is 0 Å². The van der Waals surface area contributed by atoms with E-state index in [1.165, 1.54) is 0 Å². The third kappa shape index (κ3) is 2.13. The SMILES string of the molecule is CCOC(=O)N1CCC(CC)C1. The van der Waals surface area contributed by atoms with Gasteiger partial charge in [-0.15, -0.1) is 0 Å². The number of amides is 1. The number of ether oxygens (including phenoxy) is 1. The molecule has 0 spiro atoms. The molecular weight excluding hydrogens is 154 g/mol. The molecule has 0 radical (unpaired) electrons. The normalized spacial score (nSPS) is 22.8. The van der Waals surface area contributed by atoms with E-state index in [0.29, 0.717) is 12.5 Å². The maximum Gasteiger partial charge on any atom is 0.409 e. The molecule has 0 saturated carbocycles. The van der Waals surface area contributed by atoms with Crippen molar-refractivity contribution in [2.45, 2.75) is 26.7 Å². The van der Waals surface area contributed by atoms with Gasteiger partial charge in [0.1, 0.15) is 0 Å². The highest BCUT2D eigenvalue weighted by molar-refractivity contribution is 5.67. The molecule has 1 amide bonds. The minimum absolute atomic E-state index is 0.145. The molecular formula is C9H17NO2. The lowest BCUT2D eigenvalue weighted by Gasteiger charge is -2.14. The number of likely N-dealkylation sites (tertiary alicyclic amines) is 1. The van der Waals surface area contributed by atoms with Crippen molar-refractivity contribution in [2.75, 3.05) is 19.7 Å². The minimum Gasteiger partial charge on any atom is -0.450 e. The van der Waals surface area contributed by atoms with E-state index < -0.39 is 0 Å². The molecule has 1 atom stereocenters. The summed E-state index contributed by atoms with van der Waals surface area (Å²) >= 11 is 0. The van der Waals surface area contributed by atoms with E-state index in [9.17, 15) is 4.79 Å². The summed E-state index contributed by atoms with van der Waals surface area (Å²) in [7, 11) is 0. The molecule has 1 unspecified atom stereocenters. The molecule has 3 nitrogen and oxygen atoms in total. The first-order valence-corrected chi connectivity index (χ1v) is 4.69. The Morgan fingerprint density at radius 3 is 2.83 bits per heavy atom. The van der Waals surface area contributed by atoms with Crippen LogP contribution in [0.2, 0.25) is 0 Å². The number of hydrogen-bond acceptors (Lipinski definition) is 2. The Kier molecular flexibility index (Phi) is 3.38. The van der Waals surface area contributed by atoms with Gasteiger partial charge in [-0.25, -0.2) is 4.79 Å². The molecule has 1 aliphatic rings. The molecule has 70 valence electrons. The molecule has 1 heterocycles. The number of hydrogen-bond donors (Lipinski definition) is 0. The van der Waals surface area contributed by atoms with Gasteiger partial charge in [0.2, 0.25) is 0 Å². The first-order chi connectivity index (χ1) is 5.77. The zero-order valence-corrected chi connectivity index (χ0v) is 7.88. The van der Waals surface area contributed by atoms with E-state index >= 15 is 0 Å². The van der Waals surface area contributed by atoms with Gasteiger partial charge in [-0.2, -0.15) is 0 Å². The van der Waals surface area contributed by atoms with E-state index in [0.717, 1.165) is 25.9 Å². The fourth-order valence-electron chi connectivity index (χ4n) is 1.55. The van der Waals surface area contributed by atoms with Crippen LogP contribution in [0.3, 0.4) is 0 Å². The van der Waals surface area contributed by atoms with Crippen LogP contribution in [-0.4, -0.2) is 30.7 Å². The van der Waals surface area contributed by atoms with Crippen LogP contribution in [0.15, 0.2) is 0 Å². The van der Waals surface area contributed by atoms with Gasteiger partial charge in [-0.05, 0) is 19.3 Å². The molecule has 0 aromatic heterocycles. The number of rotatable bonds is 2. The molecule has 3 heteroatoms. The average molecular weight is 171 g/mol. The summed E-state index contributed by atoms with van der Waals surface area (Å²) in [4.78, 5) is 13.0. The Bertz CT molecular complexity index is 159. The van der Waals surface area contributed by atoms with Gasteiger partial charge >= 0.3 is 6.09 Å². The molecule has 0 N–H and O–H groups in total. The first-order valence-electron chi connectivity index (χ1n) is 4.69. The lowest BCUT2D eigenvalue weighted by molar-refractivity contribution is 0.114. The molecule has 1 fully saturated rings. The third-order valence-electron chi connectivity index (χ3n) is 2.39. The second-order valence-electron chi connectivity index (χ2n) is 3.21. The van der Waals surface area contributed by atoms with E-state index in [1.807, 2.05) is 6.92 Å². The largest absolute Gasteiger partial charge is 0.450 e. The predicted octanol–water partition coefficient (Wildman–Crippen LogP) is 1.87. The van der Waals surface area contributed by atoms with Gasteiger partial charge in [0.05, 0.1) is 6.61 Å². The number of carbonyl (C=O) groups excluding carboxylic acids is 1. The summed E-state index contributed by atoms with van der Waals surface area (Å²) < 4.78 is 4.91. The van der Waals surface area contributed by atoms with Crippen LogP contribution >= 0.6 is 0 Å². The maximum atomic E-state index is 11.2. The summed E-state index contributed by atoms with van der Waals surface area (Å²) in [6.07, 6.45) is 2.15. The molecule has 0 aromatic rings. The summed E-state index contributed by atoms with van der Waals surface area (Å²) in [5, 5.41) is 0. The Balaban J connectivity index is 2.31. The van der Waals surface area contributed by atoms with E-state index in [2.05, 4.69) is 6.92 Å². The molecule has 12 heavy (non-hydrogen) atoms. The second kappa shape index (κ2) is 4.33. The summed E-state index contributed by atoms with van der Waals surface area (Å²) in [6, 6.07) is 0. The van der Waals surface area contributed by atoms with Crippen LogP contribution in [0, 0.1) is 5.92 Å². The van der Waals surface area contributed by atoms with E-state index in [-0.39, 0.29) is 6.09 Å². The Morgan fingerprint density at radius 1 is 1.58 bits per heavy atom.